The molecule has 0 aliphatic carbocycles. The number of ether oxygens (including phenoxy) is 1. The lowest BCUT2D eigenvalue weighted by Gasteiger charge is -2.19. The van der Waals surface area contributed by atoms with Gasteiger partial charge in [0.25, 0.3) is 5.56 Å². The van der Waals surface area contributed by atoms with E-state index in [0.29, 0.717) is 17.1 Å². The molecule has 7 nitrogen and oxygen atoms in total. The smallest absolute Gasteiger partial charge is 0.274 e. The van der Waals surface area contributed by atoms with E-state index in [-0.39, 0.29) is 12.6 Å². The molecule has 1 unspecified atom stereocenters. The predicted molar refractivity (Wildman–Crippen MR) is 84.9 cm³/mol. The minimum absolute atomic E-state index is 0.273. The van der Waals surface area contributed by atoms with Crippen LogP contribution in [0, 0.1) is 0 Å². The first-order valence-corrected chi connectivity index (χ1v) is 7.51. The number of nitrogens with one attached hydrogen (secondary N) is 1. The lowest BCUT2D eigenvalue weighted by Crippen LogP contribution is -2.24. The van der Waals surface area contributed by atoms with Crippen molar-refractivity contribution >= 4 is 23.2 Å². The quantitative estimate of drug-likeness (QED) is 0.777. The van der Waals surface area contributed by atoms with Crippen molar-refractivity contribution in [3.05, 3.63) is 51.9 Å². The summed E-state index contributed by atoms with van der Waals surface area (Å²) in [5.41, 5.74) is 0.313. The summed E-state index contributed by atoms with van der Waals surface area (Å²) in [5.74, 6) is 0.288. The van der Waals surface area contributed by atoms with Gasteiger partial charge in [0.05, 0.1) is 12.7 Å². The molecular formula is C15H16ClN3O4. The third-order valence-electron chi connectivity index (χ3n) is 3.63. The van der Waals surface area contributed by atoms with E-state index in [1.807, 2.05) is 0 Å². The van der Waals surface area contributed by atoms with Crippen molar-refractivity contribution in [1.29, 1.82) is 0 Å². The molecule has 2 aromatic rings. The first-order valence-electron chi connectivity index (χ1n) is 7.13. The van der Waals surface area contributed by atoms with Gasteiger partial charge in [-0.25, -0.2) is 0 Å². The largest absolute Gasteiger partial charge is 0.394 e. The summed E-state index contributed by atoms with van der Waals surface area (Å²) in [5, 5.41) is 22.7. The Kier molecular flexibility index (Phi) is 4.63. The molecule has 1 saturated heterocycles. The standard InChI is InChI=1S/C15H16ClN3O4/c16-9-1-3-10(4-2-9)17-15-18-13(22)5-6-19(15)14-7-11(21)12(8-20)23-14/h1-6,11-12,14,20-21H,7-8H2,(H,17,18,22)/t11-,12+,14?/m0/s1. The number of rotatable bonds is 4. The fourth-order valence-electron chi connectivity index (χ4n) is 2.45. The SMILES string of the molecule is O=c1ccn(C2C[C@H](O)[C@@H](CO)O2)c(Nc2ccc(Cl)cc2)n1. The minimum Gasteiger partial charge on any atom is -0.394 e. The second kappa shape index (κ2) is 6.67. The van der Waals surface area contributed by atoms with Crippen molar-refractivity contribution in [2.75, 3.05) is 11.9 Å². The van der Waals surface area contributed by atoms with Crippen LogP contribution in [0.25, 0.3) is 0 Å². The van der Waals surface area contributed by atoms with Gasteiger partial charge in [0.1, 0.15) is 12.3 Å². The molecule has 1 aliphatic rings. The molecule has 0 bridgehead atoms. The number of hydrogen-bond donors (Lipinski definition) is 3. The number of aromatic nitrogens is 2. The predicted octanol–water partition coefficient (Wildman–Crippen LogP) is 1.28. The van der Waals surface area contributed by atoms with Crippen LogP contribution in [0.15, 0.2) is 41.3 Å². The highest BCUT2D eigenvalue weighted by molar-refractivity contribution is 6.30. The van der Waals surface area contributed by atoms with Crippen LogP contribution < -0.4 is 10.9 Å². The molecule has 3 rings (SSSR count). The second-order valence-electron chi connectivity index (χ2n) is 5.24. The first-order chi connectivity index (χ1) is 11.1. The van der Waals surface area contributed by atoms with E-state index < -0.39 is 24.0 Å². The van der Waals surface area contributed by atoms with E-state index in [4.69, 9.17) is 16.3 Å². The zero-order valence-electron chi connectivity index (χ0n) is 12.1. The fourth-order valence-corrected chi connectivity index (χ4v) is 2.58. The highest BCUT2D eigenvalue weighted by Gasteiger charge is 2.35. The van der Waals surface area contributed by atoms with Crippen LogP contribution >= 0.6 is 11.6 Å². The van der Waals surface area contributed by atoms with Crippen LogP contribution in [0.4, 0.5) is 11.6 Å². The molecule has 2 heterocycles. The molecule has 0 saturated carbocycles. The van der Waals surface area contributed by atoms with Crippen molar-refractivity contribution < 1.29 is 14.9 Å². The summed E-state index contributed by atoms with van der Waals surface area (Å²) in [6, 6.07) is 8.26. The van der Waals surface area contributed by atoms with E-state index in [1.165, 1.54) is 6.07 Å². The van der Waals surface area contributed by atoms with Gasteiger partial charge in [0.15, 0.2) is 0 Å². The van der Waals surface area contributed by atoms with Crippen molar-refractivity contribution in [1.82, 2.24) is 9.55 Å². The molecule has 1 fully saturated rings. The van der Waals surface area contributed by atoms with Gasteiger partial charge in [0, 0.05) is 29.4 Å². The summed E-state index contributed by atoms with van der Waals surface area (Å²) in [4.78, 5) is 15.5. The highest BCUT2D eigenvalue weighted by Crippen LogP contribution is 2.30. The topological polar surface area (TPSA) is 96.6 Å². The lowest BCUT2D eigenvalue weighted by molar-refractivity contribution is -0.0440. The molecule has 1 aromatic carbocycles. The Morgan fingerprint density at radius 2 is 2.09 bits per heavy atom. The summed E-state index contributed by atoms with van der Waals surface area (Å²) >= 11 is 5.85. The fraction of sp³-hybridized carbons (Fsp3) is 0.333. The molecule has 8 heteroatoms. The van der Waals surface area contributed by atoms with Crippen molar-refractivity contribution in [2.45, 2.75) is 24.9 Å². The lowest BCUT2D eigenvalue weighted by atomic mass is 10.2. The van der Waals surface area contributed by atoms with E-state index in [0.717, 1.165) is 0 Å². The van der Waals surface area contributed by atoms with Gasteiger partial charge >= 0.3 is 0 Å². The molecule has 0 radical (unpaired) electrons. The number of aliphatic hydroxyl groups is 2. The van der Waals surface area contributed by atoms with E-state index in [2.05, 4.69) is 10.3 Å². The highest BCUT2D eigenvalue weighted by atomic mass is 35.5. The molecule has 3 atom stereocenters. The van der Waals surface area contributed by atoms with Crippen molar-refractivity contribution in [2.24, 2.45) is 0 Å². The van der Waals surface area contributed by atoms with Gasteiger partial charge < -0.3 is 20.3 Å². The third kappa shape index (κ3) is 3.53. The maximum atomic E-state index is 11.6. The monoisotopic (exact) mass is 337 g/mol. The van der Waals surface area contributed by atoms with Crippen LogP contribution in [-0.4, -0.2) is 38.6 Å². The number of anilines is 2. The normalized spacial score (nSPS) is 23.9. The van der Waals surface area contributed by atoms with Gasteiger partial charge in [-0.1, -0.05) is 11.6 Å². The van der Waals surface area contributed by atoms with Gasteiger partial charge in [-0.2, -0.15) is 4.98 Å². The minimum atomic E-state index is -0.771. The Bertz CT molecular complexity index is 734. The number of benzene rings is 1. The van der Waals surface area contributed by atoms with Gasteiger partial charge in [-0.3, -0.25) is 9.36 Å². The second-order valence-corrected chi connectivity index (χ2v) is 5.68. The maximum absolute atomic E-state index is 11.6. The van der Waals surface area contributed by atoms with Gasteiger partial charge in [-0.15, -0.1) is 0 Å². The zero-order chi connectivity index (χ0) is 16.4. The number of aliphatic hydroxyl groups excluding tert-OH is 2. The average Bonchev–Trinajstić information content (AvgIpc) is 2.90. The van der Waals surface area contributed by atoms with Crippen molar-refractivity contribution in [3.63, 3.8) is 0 Å². The third-order valence-corrected chi connectivity index (χ3v) is 3.89. The zero-order valence-corrected chi connectivity index (χ0v) is 12.8. The van der Waals surface area contributed by atoms with Crippen LogP contribution in [0.2, 0.25) is 5.02 Å². The molecular weight excluding hydrogens is 322 g/mol. The van der Waals surface area contributed by atoms with Crippen LogP contribution in [0.1, 0.15) is 12.6 Å². The van der Waals surface area contributed by atoms with E-state index in [9.17, 15) is 15.0 Å². The summed E-state index contributed by atoms with van der Waals surface area (Å²) in [7, 11) is 0. The Morgan fingerprint density at radius 1 is 1.35 bits per heavy atom. The van der Waals surface area contributed by atoms with Crippen LogP contribution in [0.3, 0.4) is 0 Å². The van der Waals surface area contributed by atoms with Gasteiger partial charge in [-0.05, 0) is 24.3 Å². The Balaban J connectivity index is 1.89. The Hall–Kier alpha value is -1.93. The number of halogens is 1. The van der Waals surface area contributed by atoms with Gasteiger partial charge in [0.2, 0.25) is 5.95 Å². The van der Waals surface area contributed by atoms with Crippen molar-refractivity contribution in [3.8, 4) is 0 Å². The Morgan fingerprint density at radius 3 is 2.74 bits per heavy atom. The summed E-state index contributed by atoms with van der Waals surface area (Å²) < 4.78 is 7.23. The molecule has 3 N–H and O–H groups in total. The van der Waals surface area contributed by atoms with E-state index in [1.54, 1.807) is 35.0 Å². The molecule has 23 heavy (non-hydrogen) atoms. The molecule has 1 aliphatic heterocycles. The summed E-state index contributed by atoms with van der Waals surface area (Å²) in [6.45, 7) is -0.273. The van der Waals surface area contributed by atoms with Crippen LogP contribution in [-0.2, 0) is 4.74 Å². The number of nitrogens with zero attached hydrogens (tertiary/aromatic N) is 2. The molecule has 1 aromatic heterocycles. The molecule has 0 amide bonds. The first kappa shape index (κ1) is 15.9. The Labute approximate surface area is 137 Å². The molecule has 122 valence electrons. The summed E-state index contributed by atoms with van der Waals surface area (Å²) in [6.07, 6.45) is -0.101. The van der Waals surface area contributed by atoms with E-state index >= 15 is 0 Å². The average molecular weight is 338 g/mol. The van der Waals surface area contributed by atoms with Crippen LogP contribution in [0.5, 0.6) is 0 Å². The maximum Gasteiger partial charge on any atom is 0.274 e. The molecule has 0 spiro atoms. The number of hydrogen-bond acceptors (Lipinski definition) is 6.